The van der Waals surface area contributed by atoms with Crippen molar-refractivity contribution in [2.75, 3.05) is 13.7 Å². The number of hydrogen-bond acceptors (Lipinski definition) is 4. The highest BCUT2D eigenvalue weighted by molar-refractivity contribution is 9.11. The molecule has 0 saturated carbocycles. The molecular weight excluding hydrogens is 510 g/mol. The lowest BCUT2D eigenvalue weighted by atomic mass is 9.71. The Hall–Kier alpha value is -1.40. The quantitative estimate of drug-likeness (QED) is 0.453. The van der Waals surface area contributed by atoms with Crippen LogP contribution in [-0.4, -0.2) is 30.1 Å². The van der Waals surface area contributed by atoms with Crippen molar-refractivity contribution in [2.45, 2.75) is 58.3 Å². The second-order valence-electron chi connectivity index (χ2n) is 8.78. The molecule has 3 aliphatic rings. The van der Waals surface area contributed by atoms with Crippen LogP contribution in [0.15, 0.2) is 43.6 Å². The summed E-state index contributed by atoms with van der Waals surface area (Å²) >= 11 is 7.28. The van der Waals surface area contributed by atoms with Gasteiger partial charge in [-0.25, -0.2) is 0 Å². The van der Waals surface area contributed by atoms with Gasteiger partial charge in [0.2, 0.25) is 0 Å². The van der Waals surface area contributed by atoms with E-state index in [0.29, 0.717) is 25.4 Å². The summed E-state index contributed by atoms with van der Waals surface area (Å²) in [5.41, 5.74) is 4.64. The Bertz CT molecular complexity index is 933. The van der Waals surface area contributed by atoms with Gasteiger partial charge < -0.3 is 9.64 Å². The predicted octanol–water partition coefficient (Wildman–Crippen LogP) is 6.29. The predicted molar refractivity (Wildman–Crippen MR) is 124 cm³/mol. The zero-order valence-electron chi connectivity index (χ0n) is 17.7. The molecule has 1 aliphatic heterocycles. The SMILES string of the molecule is CC(C)COc1c(Br)cc(Br)cc1C1C2=C(CCCC2=O)N(C)C2=C1C(=O)CCC2. The van der Waals surface area contributed by atoms with Crippen molar-refractivity contribution >= 4 is 43.4 Å². The van der Waals surface area contributed by atoms with Crippen molar-refractivity contribution in [3.05, 3.63) is 49.2 Å². The molecule has 2 aliphatic carbocycles. The molecular formula is C24H27Br2NO3. The molecule has 0 aromatic heterocycles. The van der Waals surface area contributed by atoms with E-state index < -0.39 is 0 Å². The number of hydrogen-bond donors (Lipinski definition) is 0. The number of carbonyl (C=O) groups is 2. The average Bonchev–Trinajstić information content (AvgIpc) is 2.68. The Kier molecular flexibility index (Phi) is 6.27. The summed E-state index contributed by atoms with van der Waals surface area (Å²) in [6, 6.07) is 3.99. The average molecular weight is 537 g/mol. The van der Waals surface area contributed by atoms with E-state index in [1.807, 2.05) is 19.2 Å². The van der Waals surface area contributed by atoms with Gasteiger partial charge in [0.05, 0.1) is 11.1 Å². The molecule has 1 heterocycles. The van der Waals surface area contributed by atoms with Crippen molar-refractivity contribution < 1.29 is 14.3 Å². The third kappa shape index (κ3) is 3.81. The standard InChI is InChI=1S/C24H27Br2NO3/c1-13(2)12-30-24-15(10-14(25)11-16(24)26)21-22-17(6-4-8-19(22)28)27(3)18-7-5-9-20(29)23(18)21/h10-11,13,21H,4-9,12H2,1-3H3. The van der Waals surface area contributed by atoms with Gasteiger partial charge in [0.1, 0.15) is 5.75 Å². The van der Waals surface area contributed by atoms with Crippen molar-refractivity contribution in [2.24, 2.45) is 5.92 Å². The highest BCUT2D eigenvalue weighted by Gasteiger charge is 2.43. The molecule has 0 saturated heterocycles. The second kappa shape index (κ2) is 8.62. The van der Waals surface area contributed by atoms with Gasteiger partial charge in [-0.1, -0.05) is 29.8 Å². The normalized spacial score (nSPS) is 20.1. The molecule has 160 valence electrons. The van der Waals surface area contributed by atoms with Crippen LogP contribution in [0.4, 0.5) is 0 Å². The van der Waals surface area contributed by atoms with E-state index in [1.54, 1.807) is 0 Å². The molecule has 0 atom stereocenters. The van der Waals surface area contributed by atoms with Gasteiger partial charge in [0.25, 0.3) is 0 Å². The third-order valence-corrected chi connectivity index (χ3v) is 7.20. The molecule has 0 fully saturated rings. The number of nitrogens with zero attached hydrogens (tertiary/aromatic N) is 1. The first-order valence-electron chi connectivity index (χ1n) is 10.7. The molecule has 6 heteroatoms. The summed E-state index contributed by atoms with van der Waals surface area (Å²) < 4.78 is 7.98. The van der Waals surface area contributed by atoms with Crippen LogP contribution in [0.5, 0.6) is 5.75 Å². The fraction of sp³-hybridized carbons (Fsp3) is 0.500. The highest BCUT2D eigenvalue weighted by atomic mass is 79.9. The van der Waals surface area contributed by atoms with Crippen LogP contribution in [0.3, 0.4) is 0 Å². The Balaban J connectivity index is 1.96. The number of Topliss-reactive ketones (excluding diaryl/α,β-unsaturated/α-hetero) is 2. The minimum Gasteiger partial charge on any atom is -0.492 e. The number of ketones is 2. The molecule has 4 nitrogen and oxygen atoms in total. The van der Waals surface area contributed by atoms with Crippen molar-refractivity contribution in [1.82, 2.24) is 4.90 Å². The lowest BCUT2D eigenvalue weighted by Crippen LogP contribution is -2.37. The third-order valence-electron chi connectivity index (χ3n) is 6.15. The molecule has 30 heavy (non-hydrogen) atoms. The van der Waals surface area contributed by atoms with E-state index in [1.165, 1.54) is 0 Å². The number of ether oxygens (including phenoxy) is 1. The first kappa shape index (κ1) is 21.8. The molecule has 0 spiro atoms. The van der Waals surface area contributed by atoms with Crippen LogP contribution >= 0.6 is 31.9 Å². The van der Waals surface area contributed by atoms with Gasteiger partial charge in [-0.2, -0.15) is 0 Å². The van der Waals surface area contributed by atoms with Crippen molar-refractivity contribution in [3.8, 4) is 5.75 Å². The molecule has 0 amide bonds. The van der Waals surface area contributed by atoms with E-state index in [-0.39, 0.29) is 17.5 Å². The molecule has 0 bridgehead atoms. The van der Waals surface area contributed by atoms with Crippen LogP contribution in [0.2, 0.25) is 0 Å². The van der Waals surface area contributed by atoms with Crippen molar-refractivity contribution in [1.29, 1.82) is 0 Å². The summed E-state index contributed by atoms with van der Waals surface area (Å²) in [5, 5.41) is 0. The summed E-state index contributed by atoms with van der Waals surface area (Å²) in [4.78, 5) is 28.5. The van der Waals surface area contributed by atoms with Gasteiger partial charge in [-0.15, -0.1) is 0 Å². The highest BCUT2D eigenvalue weighted by Crippen LogP contribution is 2.51. The van der Waals surface area contributed by atoms with Gasteiger partial charge >= 0.3 is 0 Å². The summed E-state index contributed by atoms with van der Waals surface area (Å²) in [6.45, 7) is 4.79. The lowest BCUT2D eigenvalue weighted by molar-refractivity contribution is -0.117. The maximum absolute atomic E-state index is 13.2. The van der Waals surface area contributed by atoms with E-state index in [9.17, 15) is 9.59 Å². The zero-order chi connectivity index (χ0) is 21.6. The first-order valence-corrected chi connectivity index (χ1v) is 12.3. The summed E-state index contributed by atoms with van der Waals surface area (Å²) in [6.07, 6.45) is 4.55. The molecule has 0 radical (unpaired) electrons. The maximum Gasteiger partial charge on any atom is 0.161 e. The number of rotatable bonds is 4. The second-order valence-corrected chi connectivity index (χ2v) is 10.5. The summed E-state index contributed by atoms with van der Waals surface area (Å²) in [7, 11) is 2.02. The minimum absolute atomic E-state index is 0.156. The van der Waals surface area contributed by atoms with Crippen LogP contribution < -0.4 is 4.74 Å². The Labute approximate surface area is 195 Å². The fourth-order valence-electron chi connectivity index (χ4n) is 4.86. The van der Waals surface area contributed by atoms with E-state index in [2.05, 4.69) is 50.6 Å². The summed E-state index contributed by atoms with van der Waals surface area (Å²) in [5.74, 6) is 1.05. The van der Waals surface area contributed by atoms with Crippen LogP contribution in [0.1, 0.15) is 63.9 Å². The molecule has 4 rings (SSSR count). The van der Waals surface area contributed by atoms with Crippen LogP contribution in [0, 0.1) is 5.92 Å². The molecule has 0 N–H and O–H groups in total. The first-order chi connectivity index (χ1) is 14.3. The van der Waals surface area contributed by atoms with Gasteiger partial charge in [-0.3, -0.25) is 9.59 Å². The number of halogens is 2. The van der Waals surface area contributed by atoms with E-state index in [4.69, 9.17) is 4.74 Å². The number of benzene rings is 1. The largest absolute Gasteiger partial charge is 0.492 e. The fourth-order valence-corrected chi connectivity index (χ4v) is 6.23. The maximum atomic E-state index is 13.2. The van der Waals surface area contributed by atoms with Gasteiger partial charge in [-0.05, 0) is 59.7 Å². The molecule has 1 aromatic carbocycles. The smallest absolute Gasteiger partial charge is 0.161 e. The minimum atomic E-state index is -0.359. The number of allylic oxidation sites excluding steroid dienone is 4. The Morgan fingerprint density at radius 2 is 1.57 bits per heavy atom. The van der Waals surface area contributed by atoms with E-state index >= 15 is 0 Å². The zero-order valence-corrected chi connectivity index (χ0v) is 20.9. The van der Waals surface area contributed by atoms with Gasteiger partial charge in [0.15, 0.2) is 11.6 Å². The van der Waals surface area contributed by atoms with E-state index in [0.717, 1.165) is 68.5 Å². The monoisotopic (exact) mass is 535 g/mol. The Morgan fingerprint density at radius 1 is 1.00 bits per heavy atom. The topological polar surface area (TPSA) is 46.6 Å². The van der Waals surface area contributed by atoms with Gasteiger partial charge in [0, 0.05) is 58.4 Å². The molecule has 0 unspecified atom stereocenters. The van der Waals surface area contributed by atoms with Crippen molar-refractivity contribution in [3.63, 3.8) is 0 Å². The molecule has 1 aromatic rings. The van der Waals surface area contributed by atoms with Crippen LogP contribution in [0.25, 0.3) is 0 Å². The number of carbonyl (C=O) groups excluding carboxylic acids is 2. The van der Waals surface area contributed by atoms with Crippen LogP contribution in [-0.2, 0) is 9.59 Å². The Morgan fingerprint density at radius 3 is 2.10 bits per heavy atom. The lowest BCUT2D eigenvalue weighted by Gasteiger charge is -2.42.